The molecule has 0 radical (unpaired) electrons. The smallest absolute Gasteiger partial charge is 0.244 e. The van der Waals surface area contributed by atoms with Gasteiger partial charge in [0.05, 0.1) is 5.02 Å². The van der Waals surface area contributed by atoms with Gasteiger partial charge < -0.3 is 5.73 Å². The van der Waals surface area contributed by atoms with Crippen LogP contribution >= 0.6 is 27.5 Å². The number of nitrogens with two attached hydrogens (primary N) is 1. The van der Waals surface area contributed by atoms with Crippen molar-refractivity contribution in [1.29, 1.82) is 0 Å². The lowest BCUT2D eigenvalue weighted by atomic mass is 10.2. The Morgan fingerprint density at radius 3 is 2.43 bits per heavy atom. The van der Waals surface area contributed by atoms with Gasteiger partial charge in [-0.3, -0.25) is 0 Å². The molecule has 4 nitrogen and oxygen atoms in total. The largest absolute Gasteiger partial charge is 0.399 e. The van der Waals surface area contributed by atoms with Gasteiger partial charge in [0.25, 0.3) is 0 Å². The Bertz CT molecular complexity index is 748. The first-order valence-electron chi connectivity index (χ1n) is 6.06. The summed E-state index contributed by atoms with van der Waals surface area (Å²) in [6.07, 6.45) is 0. The highest BCUT2D eigenvalue weighted by Crippen LogP contribution is 2.27. The van der Waals surface area contributed by atoms with Crippen molar-refractivity contribution in [2.24, 2.45) is 0 Å². The van der Waals surface area contributed by atoms with Gasteiger partial charge in [-0.05, 0) is 35.9 Å². The summed E-state index contributed by atoms with van der Waals surface area (Å²) < 4.78 is 27.3. The van der Waals surface area contributed by atoms with Crippen molar-refractivity contribution < 1.29 is 8.42 Å². The Morgan fingerprint density at radius 1 is 1.19 bits per heavy atom. The molecule has 2 aromatic rings. The number of rotatable bonds is 4. The molecule has 2 N–H and O–H groups in total. The zero-order valence-electron chi connectivity index (χ0n) is 11.3. The van der Waals surface area contributed by atoms with Crippen LogP contribution in [0.2, 0.25) is 5.02 Å². The van der Waals surface area contributed by atoms with Crippen molar-refractivity contribution in [3.05, 3.63) is 57.5 Å². The molecular formula is C14H14BrClN2O2S. The molecule has 0 amide bonds. The lowest BCUT2D eigenvalue weighted by Crippen LogP contribution is -2.26. The Hall–Kier alpha value is -1.08. The molecule has 0 aliphatic heterocycles. The van der Waals surface area contributed by atoms with Gasteiger partial charge in [0.1, 0.15) is 4.90 Å². The molecule has 112 valence electrons. The molecule has 0 fully saturated rings. The van der Waals surface area contributed by atoms with Crippen molar-refractivity contribution in [2.45, 2.75) is 11.4 Å². The van der Waals surface area contributed by atoms with Gasteiger partial charge in [0.2, 0.25) is 10.0 Å². The fourth-order valence-corrected chi connectivity index (χ4v) is 3.75. The summed E-state index contributed by atoms with van der Waals surface area (Å²) in [7, 11) is -2.18. The Kier molecular flexibility index (Phi) is 4.93. The van der Waals surface area contributed by atoms with E-state index in [-0.39, 0.29) is 16.5 Å². The summed E-state index contributed by atoms with van der Waals surface area (Å²) in [6, 6.07) is 11.9. The summed E-state index contributed by atoms with van der Waals surface area (Å²) in [6.45, 7) is 0.251. The van der Waals surface area contributed by atoms with Crippen LogP contribution in [-0.2, 0) is 16.6 Å². The molecule has 0 spiro atoms. The van der Waals surface area contributed by atoms with Crippen LogP contribution in [0.5, 0.6) is 0 Å². The number of hydrogen-bond donors (Lipinski definition) is 1. The molecule has 0 unspecified atom stereocenters. The van der Waals surface area contributed by atoms with Crippen LogP contribution in [0.25, 0.3) is 0 Å². The first kappa shape index (κ1) is 16.3. The second kappa shape index (κ2) is 6.36. The van der Waals surface area contributed by atoms with Gasteiger partial charge in [-0.1, -0.05) is 39.7 Å². The highest BCUT2D eigenvalue weighted by Gasteiger charge is 2.23. The van der Waals surface area contributed by atoms with E-state index in [1.807, 2.05) is 24.3 Å². The quantitative estimate of drug-likeness (QED) is 0.814. The zero-order chi connectivity index (χ0) is 15.6. The number of halogens is 2. The van der Waals surface area contributed by atoms with E-state index in [1.54, 1.807) is 6.07 Å². The molecule has 0 saturated carbocycles. The van der Waals surface area contributed by atoms with Crippen LogP contribution in [0.4, 0.5) is 5.69 Å². The van der Waals surface area contributed by atoms with Crippen molar-refractivity contribution in [3.8, 4) is 0 Å². The molecule has 0 aliphatic carbocycles. The molecule has 2 aromatic carbocycles. The maximum atomic E-state index is 12.6. The molecule has 0 bridgehead atoms. The van der Waals surface area contributed by atoms with E-state index >= 15 is 0 Å². The third-order valence-electron chi connectivity index (χ3n) is 2.96. The van der Waals surface area contributed by atoms with Gasteiger partial charge in [-0.15, -0.1) is 0 Å². The Balaban J connectivity index is 2.30. The minimum absolute atomic E-state index is 0.0174. The predicted molar refractivity (Wildman–Crippen MR) is 88.7 cm³/mol. The fourth-order valence-electron chi connectivity index (χ4n) is 1.82. The monoisotopic (exact) mass is 388 g/mol. The van der Waals surface area contributed by atoms with Gasteiger partial charge in [0, 0.05) is 23.8 Å². The molecule has 0 saturated heterocycles. The van der Waals surface area contributed by atoms with Crippen LogP contribution in [0.15, 0.2) is 51.8 Å². The van der Waals surface area contributed by atoms with Gasteiger partial charge >= 0.3 is 0 Å². The summed E-state index contributed by atoms with van der Waals surface area (Å²) >= 11 is 9.32. The first-order valence-corrected chi connectivity index (χ1v) is 8.67. The molecule has 21 heavy (non-hydrogen) atoms. The van der Waals surface area contributed by atoms with E-state index in [9.17, 15) is 8.42 Å². The first-order chi connectivity index (χ1) is 9.80. The van der Waals surface area contributed by atoms with Crippen LogP contribution in [0.3, 0.4) is 0 Å². The van der Waals surface area contributed by atoms with E-state index in [1.165, 1.54) is 23.5 Å². The van der Waals surface area contributed by atoms with Crippen LogP contribution in [-0.4, -0.2) is 19.8 Å². The van der Waals surface area contributed by atoms with Crippen molar-refractivity contribution in [2.75, 3.05) is 12.8 Å². The highest BCUT2D eigenvalue weighted by molar-refractivity contribution is 9.10. The summed E-state index contributed by atoms with van der Waals surface area (Å²) in [4.78, 5) is 0.0174. The van der Waals surface area contributed by atoms with Crippen molar-refractivity contribution in [3.63, 3.8) is 0 Å². The van der Waals surface area contributed by atoms with Gasteiger partial charge in [-0.25, -0.2) is 8.42 Å². The number of nitrogen functional groups attached to an aromatic ring is 1. The van der Waals surface area contributed by atoms with Crippen molar-refractivity contribution in [1.82, 2.24) is 4.31 Å². The minimum atomic E-state index is -3.69. The number of anilines is 1. The molecule has 2 rings (SSSR count). The molecule has 0 atom stereocenters. The molecule has 0 aliphatic rings. The average molecular weight is 390 g/mol. The fraction of sp³-hybridized carbons (Fsp3) is 0.143. The third kappa shape index (κ3) is 3.77. The molecule has 7 heteroatoms. The van der Waals surface area contributed by atoms with E-state index in [0.29, 0.717) is 5.69 Å². The highest BCUT2D eigenvalue weighted by atomic mass is 79.9. The Labute approximate surface area is 137 Å². The summed E-state index contributed by atoms with van der Waals surface area (Å²) in [5.74, 6) is 0. The zero-order valence-corrected chi connectivity index (χ0v) is 14.4. The van der Waals surface area contributed by atoms with E-state index in [0.717, 1.165) is 10.0 Å². The number of benzene rings is 2. The second-order valence-corrected chi connectivity index (χ2v) is 7.91. The van der Waals surface area contributed by atoms with Crippen LogP contribution in [0, 0.1) is 0 Å². The number of hydrogen-bond acceptors (Lipinski definition) is 3. The average Bonchev–Trinajstić information content (AvgIpc) is 2.43. The number of nitrogens with zero attached hydrogens (tertiary/aromatic N) is 1. The summed E-state index contributed by atoms with van der Waals surface area (Å²) in [5.41, 5.74) is 6.88. The number of sulfonamides is 1. The molecular weight excluding hydrogens is 376 g/mol. The Morgan fingerprint density at radius 2 is 1.81 bits per heavy atom. The summed E-state index contributed by atoms with van der Waals surface area (Å²) in [5, 5.41) is 0.159. The lowest BCUT2D eigenvalue weighted by Gasteiger charge is -2.18. The van der Waals surface area contributed by atoms with Gasteiger partial charge in [-0.2, -0.15) is 4.31 Å². The molecule has 0 aromatic heterocycles. The lowest BCUT2D eigenvalue weighted by molar-refractivity contribution is 0.467. The topological polar surface area (TPSA) is 63.4 Å². The maximum absolute atomic E-state index is 12.6. The molecule has 0 heterocycles. The second-order valence-electron chi connectivity index (χ2n) is 4.58. The van der Waals surface area contributed by atoms with Gasteiger partial charge in [0.15, 0.2) is 0 Å². The van der Waals surface area contributed by atoms with Crippen molar-refractivity contribution >= 4 is 43.2 Å². The van der Waals surface area contributed by atoms with E-state index < -0.39 is 10.0 Å². The SMILES string of the molecule is CN(Cc1ccc(Br)cc1)S(=O)(=O)c1cc(N)ccc1Cl. The minimum Gasteiger partial charge on any atom is -0.399 e. The van der Waals surface area contributed by atoms with Crippen LogP contribution in [0.1, 0.15) is 5.56 Å². The normalized spacial score (nSPS) is 11.8. The standard InChI is InChI=1S/C14H14BrClN2O2S/c1-18(9-10-2-4-11(15)5-3-10)21(19,20)14-8-12(17)6-7-13(14)16/h2-8H,9,17H2,1H3. The van der Waals surface area contributed by atoms with Crippen LogP contribution < -0.4 is 5.73 Å². The predicted octanol–water partition coefficient (Wildman–Crippen LogP) is 3.51. The van der Waals surface area contributed by atoms with E-state index in [2.05, 4.69) is 15.9 Å². The maximum Gasteiger partial charge on any atom is 0.244 e. The third-order valence-corrected chi connectivity index (χ3v) is 5.78. The van der Waals surface area contributed by atoms with E-state index in [4.69, 9.17) is 17.3 Å².